The maximum Gasteiger partial charge on any atom is 0.165 e. The smallest absolute Gasteiger partial charge is 0.165 e. The highest BCUT2D eigenvalue weighted by Gasteiger charge is 2.25. The van der Waals surface area contributed by atoms with Gasteiger partial charge in [-0.3, -0.25) is 4.40 Å². The highest BCUT2D eigenvalue weighted by atomic mass is 32.2. The van der Waals surface area contributed by atoms with E-state index in [9.17, 15) is 8.42 Å². The second-order valence-corrected chi connectivity index (χ2v) is 7.65. The van der Waals surface area contributed by atoms with E-state index in [0.717, 1.165) is 23.5 Å². The molecule has 6 nitrogen and oxygen atoms in total. The van der Waals surface area contributed by atoms with Gasteiger partial charge < -0.3 is 5.73 Å². The molecule has 0 amide bonds. The molecule has 7 heteroatoms. The minimum Gasteiger partial charge on any atom is -0.326 e. The molecule has 0 aromatic carbocycles. The highest BCUT2D eigenvalue weighted by Crippen LogP contribution is 2.23. The molecule has 0 unspecified atom stereocenters. The summed E-state index contributed by atoms with van der Waals surface area (Å²) in [5, 5.41) is 8.44. The number of sulfone groups is 1. The zero-order chi connectivity index (χ0) is 14.2. The number of hydrogen-bond acceptors (Lipinski definition) is 5. The topological polar surface area (TPSA) is 90.3 Å². The lowest BCUT2D eigenvalue weighted by molar-refractivity contribution is 0.452. The fourth-order valence-corrected chi connectivity index (χ4v) is 4.31. The lowest BCUT2D eigenvalue weighted by Gasteiger charge is -2.20. The first-order chi connectivity index (χ1) is 9.59. The highest BCUT2D eigenvalue weighted by molar-refractivity contribution is 7.91. The van der Waals surface area contributed by atoms with Gasteiger partial charge in [0, 0.05) is 24.7 Å². The molecule has 0 radical (unpaired) electrons. The van der Waals surface area contributed by atoms with Gasteiger partial charge in [-0.1, -0.05) is 6.07 Å². The van der Waals surface area contributed by atoms with E-state index in [1.807, 2.05) is 22.7 Å². The molecule has 0 bridgehead atoms. The third-order valence-corrected chi connectivity index (χ3v) is 5.67. The normalized spacial score (nSPS) is 19.4. The van der Waals surface area contributed by atoms with Crippen molar-refractivity contribution in [1.82, 2.24) is 14.6 Å². The summed E-state index contributed by atoms with van der Waals surface area (Å²) in [4.78, 5) is 0. The second kappa shape index (κ2) is 5.14. The molecule has 1 fully saturated rings. The molecule has 1 aliphatic heterocycles. The van der Waals surface area contributed by atoms with Gasteiger partial charge in [-0.15, -0.1) is 10.2 Å². The van der Waals surface area contributed by atoms with E-state index in [1.165, 1.54) is 0 Å². The number of hydrogen-bond donors (Lipinski definition) is 1. The summed E-state index contributed by atoms with van der Waals surface area (Å²) in [7, 11) is -2.81. The third-order valence-electron chi connectivity index (χ3n) is 3.95. The molecule has 2 aromatic heterocycles. The van der Waals surface area contributed by atoms with Crippen molar-refractivity contribution < 1.29 is 8.42 Å². The lowest BCUT2D eigenvalue weighted by Crippen LogP contribution is -2.25. The van der Waals surface area contributed by atoms with Gasteiger partial charge in [-0.2, -0.15) is 0 Å². The van der Waals surface area contributed by atoms with Gasteiger partial charge in [0.05, 0.1) is 11.5 Å². The average molecular weight is 294 g/mol. The Kier molecular flexibility index (Phi) is 3.47. The van der Waals surface area contributed by atoms with Crippen molar-refractivity contribution in [2.75, 3.05) is 11.5 Å². The Morgan fingerprint density at radius 3 is 2.75 bits per heavy atom. The van der Waals surface area contributed by atoms with Gasteiger partial charge in [-0.25, -0.2) is 8.42 Å². The number of nitrogens with two attached hydrogens (primary N) is 1. The van der Waals surface area contributed by atoms with Crippen LogP contribution in [0.5, 0.6) is 0 Å². The van der Waals surface area contributed by atoms with E-state index in [1.54, 1.807) is 0 Å². The number of aromatic nitrogens is 3. The van der Waals surface area contributed by atoms with Crippen LogP contribution >= 0.6 is 0 Å². The van der Waals surface area contributed by atoms with Crippen molar-refractivity contribution in [3.8, 4) is 0 Å². The van der Waals surface area contributed by atoms with Crippen LogP contribution in [0, 0.1) is 5.92 Å². The third kappa shape index (κ3) is 2.55. The van der Waals surface area contributed by atoms with Gasteiger partial charge in [0.15, 0.2) is 5.65 Å². The SMILES string of the molecule is NCc1cccn2c(CC3CCS(=O)(=O)CC3)nnc12. The second-order valence-electron chi connectivity index (χ2n) is 5.35. The Morgan fingerprint density at radius 1 is 1.30 bits per heavy atom. The monoisotopic (exact) mass is 294 g/mol. The summed E-state index contributed by atoms with van der Waals surface area (Å²) < 4.78 is 24.9. The average Bonchev–Trinajstić information content (AvgIpc) is 2.84. The van der Waals surface area contributed by atoms with E-state index in [4.69, 9.17) is 5.73 Å². The van der Waals surface area contributed by atoms with E-state index in [2.05, 4.69) is 10.2 Å². The fourth-order valence-electron chi connectivity index (χ4n) is 2.72. The molecular formula is C13H18N4O2S. The summed E-state index contributed by atoms with van der Waals surface area (Å²) in [5.41, 5.74) is 7.46. The van der Waals surface area contributed by atoms with E-state index in [-0.39, 0.29) is 0 Å². The minimum atomic E-state index is -2.81. The molecule has 108 valence electrons. The molecule has 2 N–H and O–H groups in total. The zero-order valence-corrected chi connectivity index (χ0v) is 12.0. The lowest BCUT2D eigenvalue weighted by atomic mass is 9.98. The van der Waals surface area contributed by atoms with E-state index >= 15 is 0 Å². The molecule has 0 spiro atoms. The number of rotatable bonds is 3. The Morgan fingerprint density at radius 2 is 2.05 bits per heavy atom. The van der Waals surface area contributed by atoms with Crippen LogP contribution in [-0.4, -0.2) is 34.5 Å². The molecule has 0 atom stereocenters. The molecular weight excluding hydrogens is 276 g/mol. The minimum absolute atomic E-state index is 0.294. The fraction of sp³-hybridized carbons (Fsp3) is 0.538. The molecule has 2 aromatic rings. The van der Waals surface area contributed by atoms with E-state index in [0.29, 0.717) is 36.8 Å². The van der Waals surface area contributed by atoms with Gasteiger partial charge in [-0.05, 0) is 24.8 Å². The largest absolute Gasteiger partial charge is 0.326 e. The molecule has 1 saturated heterocycles. The van der Waals surface area contributed by atoms with Crippen LogP contribution in [-0.2, 0) is 22.8 Å². The summed E-state index contributed by atoms with van der Waals surface area (Å²) in [6.07, 6.45) is 4.13. The summed E-state index contributed by atoms with van der Waals surface area (Å²) >= 11 is 0. The maximum atomic E-state index is 11.4. The first-order valence-electron chi connectivity index (χ1n) is 6.81. The summed E-state index contributed by atoms with van der Waals surface area (Å²) in [6, 6.07) is 3.88. The molecule has 0 aliphatic carbocycles. The van der Waals surface area contributed by atoms with Crippen LogP contribution in [0.25, 0.3) is 5.65 Å². The molecule has 3 heterocycles. The summed E-state index contributed by atoms with van der Waals surface area (Å²) in [6.45, 7) is 0.435. The van der Waals surface area contributed by atoms with Gasteiger partial charge >= 0.3 is 0 Å². The van der Waals surface area contributed by atoms with E-state index < -0.39 is 9.84 Å². The van der Waals surface area contributed by atoms with Crippen molar-refractivity contribution in [1.29, 1.82) is 0 Å². The van der Waals surface area contributed by atoms with Crippen molar-refractivity contribution in [3.63, 3.8) is 0 Å². The number of nitrogens with zero attached hydrogens (tertiary/aromatic N) is 3. The predicted octanol–water partition coefficient (Wildman–Crippen LogP) is 0.555. The van der Waals surface area contributed by atoms with Gasteiger partial charge in [0.1, 0.15) is 15.7 Å². The van der Waals surface area contributed by atoms with Crippen molar-refractivity contribution in [2.24, 2.45) is 11.7 Å². The first kappa shape index (κ1) is 13.5. The predicted molar refractivity (Wildman–Crippen MR) is 76.0 cm³/mol. The first-order valence-corrected chi connectivity index (χ1v) is 8.63. The quantitative estimate of drug-likeness (QED) is 0.893. The molecule has 20 heavy (non-hydrogen) atoms. The van der Waals surface area contributed by atoms with Crippen LogP contribution in [0.2, 0.25) is 0 Å². The molecule has 3 rings (SSSR count). The Bertz CT molecular complexity index is 709. The Hall–Kier alpha value is -1.47. The summed E-state index contributed by atoms with van der Waals surface area (Å²) in [5.74, 6) is 1.84. The number of pyridine rings is 1. The molecule has 1 aliphatic rings. The maximum absolute atomic E-state index is 11.4. The van der Waals surface area contributed by atoms with Crippen LogP contribution in [0.1, 0.15) is 24.2 Å². The van der Waals surface area contributed by atoms with Gasteiger partial charge in [0.25, 0.3) is 0 Å². The van der Waals surface area contributed by atoms with Crippen LogP contribution in [0.4, 0.5) is 0 Å². The Balaban J connectivity index is 1.82. The number of fused-ring (bicyclic) bond motifs is 1. The zero-order valence-electron chi connectivity index (χ0n) is 11.2. The van der Waals surface area contributed by atoms with Crippen molar-refractivity contribution in [3.05, 3.63) is 29.7 Å². The standard InChI is InChI=1S/C13H18N4O2S/c14-9-11-2-1-5-17-12(15-16-13(11)17)8-10-3-6-20(18,19)7-4-10/h1-2,5,10H,3-4,6-9,14H2. The van der Waals surface area contributed by atoms with Crippen molar-refractivity contribution in [2.45, 2.75) is 25.8 Å². The van der Waals surface area contributed by atoms with Gasteiger partial charge in [0.2, 0.25) is 0 Å². The molecule has 0 saturated carbocycles. The van der Waals surface area contributed by atoms with Crippen LogP contribution in [0.15, 0.2) is 18.3 Å². The Labute approximate surface area is 117 Å². The van der Waals surface area contributed by atoms with Crippen LogP contribution < -0.4 is 5.73 Å². The van der Waals surface area contributed by atoms with Crippen molar-refractivity contribution >= 4 is 15.5 Å². The van der Waals surface area contributed by atoms with Crippen LogP contribution in [0.3, 0.4) is 0 Å².